The van der Waals surface area contributed by atoms with Crippen LogP contribution >= 0.6 is 0 Å². The summed E-state index contributed by atoms with van der Waals surface area (Å²) >= 11 is 0. The van der Waals surface area contributed by atoms with Crippen molar-refractivity contribution in [2.45, 2.75) is 6.42 Å². The monoisotopic (exact) mass is 241 g/mol. The van der Waals surface area contributed by atoms with Gasteiger partial charge < -0.3 is 14.4 Å². The van der Waals surface area contributed by atoms with Gasteiger partial charge in [0.15, 0.2) is 0 Å². The molecule has 17 heavy (non-hydrogen) atoms. The van der Waals surface area contributed by atoms with E-state index in [1.165, 1.54) is 26.4 Å². The number of rotatable bonds is 5. The van der Waals surface area contributed by atoms with Crippen LogP contribution in [-0.2, 0) is 9.53 Å². The van der Waals surface area contributed by atoms with Crippen molar-refractivity contribution in [3.63, 3.8) is 0 Å². The molecule has 0 aliphatic rings. The van der Waals surface area contributed by atoms with Gasteiger partial charge in [-0.25, -0.2) is 4.39 Å². The molecule has 0 aromatic heterocycles. The summed E-state index contributed by atoms with van der Waals surface area (Å²) in [6.45, 7) is 0.437. The molecule has 0 atom stereocenters. The third-order valence-corrected chi connectivity index (χ3v) is 2.43. The minimum Gasteiger partial charge on any atom is -0.495 e. The largest absolute Gasteiger partial charge is 0.495 e. The highest BCUT2D eigenvalue weighted by Crippen LogP contribution is 2.28. The first kappa shape index (κ1) is 13.3. The highest BCUT2D eigenvalue weighted by atomic mass is 19.1. The molecule has 0 saturated heterocycles. The maximum absolute atomic E-state index is 13.1. The number of esters is 1. The van der Waals surface area contributed by atoms with Crippen LogP contribution in [0.3, 0.4) is 0 Å². The highest BCUT2D eigenvalue weighted by molar-refractivity contribution is 5.70. The average Bonchev–Trinajstić information content (AvgIpc) is 2.35. The Labute approximate surface area is 99.9 Å². The normalized spacial score (nSPS) is 9.88. The van der Waals surface area contributed by atoms with Crippen LogP contribution in [0.25, 0.3) is 0 Å². The van der Waals surface area contributed by atoms with Gasteiger partial charge in [-0.3, -0.25) is 4.79 Å². The number of ether oxygens (including phenoxy) is 2. The molecule has 0 N–H and O–H groups in total. The lowest BCUT2D eigenvalue weighted by Gasteiger charge is -2.21. The molecule has 1 aromatic rings. The molecular weight excluding hydrogens is 225 g/mol. The number of benzene rings is 1. The molecule has 0 heterocycles. The summed E-state index contributed by atoms with van der Waals surface area (Å²) in [7, 11) is 4.62. The number of carbonyl (C=O) groups excluding carboxylic acids is 1. The minimum atomic E-state index is -0.342. The van der Waals surface area contributed by atoms with Crippen LogP contribution in [0, 0.1) is 5.82 Å². The van der Waals surface area contributed by atoms with E-state index in [2.05, 4.69) is 4.74 Å². The Morgan fingerprint density at radius 2 is 2.12 bits per heavy atom. The van der Waals surface area contributed by atoms with Gasteiger partial charge in [0.05, 0.1) is 26.3 Å². The number of methoxy groups -OCH3 is 2. The summed E-state index contributed by atoms with van der Waals surface area (Å²) < 4.78 is 22.8. The lowest BCUT2D eigenvalue weighted by atomic mass is 10.2. The van der Waals surface area contributed by atoms with E-state index in [1.807, 2.05) is 0 Å². The van der Waals surface area contributed by atoms with Crippen LogP contribution in [0.5, 0.6) is 5.75 Å². The summed E-state index contributed by atoms with van der Waals surface area (Å²) in [5.74, 6) is -0.0725. The van der Waals surface area contributed by atoms with Gasteiger partial charge in [0.2, 0.25) is 0 Å². The minimum absolute atomic E-state index is 0.243. The number of halogens is 1. The molecule has 0 radical (unpaired) electrons. The Morgan fingerprint density at radius 1 is 1.41 bits per heavy atom. The van der Waals surface area contributed by atoms with E-state index in [0.717, 1.165) is 0 Å². The van der Waals surface area contributed by atoms with Crippen LogP contribution in [0.2, 0.25) is 0 Å². The van der Waals surface area contributed by atoms with Crippen LogP contribution in [0.1, 0.15) is 6.42 Å². The Bertz CT molecular complexity index is 395. The number of nitrogens with zero attached hydrogens (tertiary/aromatic N) is 1. The number of hydrogen-bond acceptors (Lipinski definition) is 4. The van der Waals surface area contributed by atoms with E-state index < -0.39 is 0 Å². The lowest BCUT2D eigenvalue weighted by molar-refractivity contribution is -0.140. The van der Waals surface area contributed by atoms with E-state index in [9.17, 15) is 9.18 Å². The molecule has 1 rings (SSSR count). The zero-order valence-corrected chi connectivity index (χ0v) is 10.2. The standard InChI is InChI=1S/C12H16FNO3/c1-14(7-6-12(15)17-3)10-8-9(13)4-5-11(10)16-2/h4-5,8H,6-7H2,1-3H3. The van der Waals surface area contributed by atoms with Crippen molar-refractivity contribution >= 4 is 11.7 Å². The molecule has 0 fully saturated rings. The fraction of sp³-hybridized carbons (Fsp3) is 0.417. The SMILES string of the molecule is COC(=O)CCN(C)c1cc(F)ccc1OC. The molecule has 0 aliphatic heterocycles. The molecule has 0 unspecified atom stereocenters. The fourth-order valence-electron chi connectivity index (χ4n) is 1.44. The quantitative estimate of drug-likeness (QED) is 0.737. The van der Waals surface area contributed by atoms with E-state index in [0.29, 0.717) is 18.0 Å². The second-order valence-corrected chi connectivity index (χ2v) is 3.56. The predicted molar refractivity (Wildman–Crippen MR) is 62.9 cm³/mol. The van der Waals surface area contributed by atoms with Crippen molar-refractivity contribution in [3.8, 4) is 5.75 Å². The second kappa shape index (κ2) is 6.08. The third-order valence-electron chi connectivity index (χ3n) is 2.43. The number of carbonyl (C=O) groups is 1. The average molecular weight is 241 g/mol. The topological polar surface area (TPSA) is 38.8 Å². The summed E-state index contributed by atoms with van der Waals surface area (Å²) in [6.07, 6.45) is 0.243. The summed E-state index contributed by atoms with van der Waals surface area (Å²) in [5.41, 5.74) is 0.608. The molecule has 0 amide bonds. The van der Waals surface area contributed by atoms with Crippen LogP contribution in [-0.4, -0.2) is 33.8 Å². The molecule has 0 aliphatic carbocycles. The zero-order chi connectivity index (χ0) is 12.8. The summed E-state index contributed by atoms with van der Waals surface area (Å²) in [5, 5.41) is 0. The van der Waals surface area contributed by atoms with E-state index in [4.69, 9.17) is 4.74 Å². The second-order valence-electron chi connectivity index (χ2n) is 3.56. The van der Waals surface area contributed by atoms with Crippen molar-refractivity contribution in [1.82, 2.24) is 0 Å². The zero-order valence-electron chi connectivity index (χ0n) is 10.2. The maximum atomic E-state index is 13.1. The van der Waals surface area contributed by atoms with Gasteiger partial charge in [-0.15, -0.1) is 0 Å². The molecule has 0 spiro atoms. The Balaban J connectivity index is 2.76. The predicted octanol–water partition coefficient (Wildman–Crippen LogP) is 1.83. The highest BCUT2D eigenvalue weighted by Gasteiger charge is 2.11. The maximum Gasteiger partial charge on any atom is 0.307 e. The van der Waals surface area contributed by atoms with Crippen LogP contribution in [0.4, 0.5) is 10.1 Å². The van der Waals surface area contributed by atoms with Crippen molar-refractivity contribution in [1.29, 1.82) is 0 Å². The van der Waals surface area contributed by atoms with Gasteiger partial charge in [0, 0.05) is 19.7 Å². The lowest BCUT2D eigenvalue weighted by Crippen LogP contribution is -2.22. The van der Waals surface area contributed by atoms with Crippen LogP contribution < -0.4 is 9.64 Å². The molecule has 1 aromatic carbocycles. The molecule has 0 bridgehead atoms. The fourth-order valence-corrected chi connectivity index (χ4v) is 1.44. The van der Waals surface area contributed by atoms with Gasteiger partial charge >= 0.3 is 5.97 Å². The first-order valence-corrected chi connectivity index (χ1v) is 5.20. The summed E-state index contributed by atoms with van der Waals surface area (Å²) in [6, 6.07) is 4.26. The number of hydrogen-bond donors (Lipinski definition) is 0. The van der Waals surface area contributed by atoms with Gasteiger partial charge in [0.1, 0.15) is 11.6 Å². The van der Waals surface area contributed by atoms with E-state index >= 15 is 0 Å². The Hall–Kier alpha value is -1.78. The first-order chi connectivity index (χ1) is 8.08. The Kier molecular flexibility index (Phi) is 4.75. The van der Waals surface area contributed by atoms with Gasteiger partial charge in [-0.1, -0.05) is 0 Å². The molecule has 4 nitrogen and oxygen atoms in total. The van der Waals surface area contributed by atoms with E-state index in [-0.39, 0.29) is 18.2 Å². The van der Waals surface area contributed by atoms with E-state index in [1.54, 1.807) is 18.0 Å². The smallest absolute Gasteiger partial charge is 0.307 e. The molecule has 94 valence electrons. The van der Waals surface area contributed by atoms with Crippen molar-refractivity contribution in [3.05, 3.63) is 24.0 Å². The third kappa shape index (κ3) is 3.62. The summed E-state index contributed by atoms with van der Waals surface area (Å²) in [4.78, 5) is 12.8. The van der Waals surface area contributed by atoms with Gasteiger partial charge in [0.25, 0.3) is 0 Å². The van der Waals surface area contributed by atoms with Gasteiger partial charge in [-0.05, 0) is 12.1 Å². The number of anilines is 1. The van der Waals surface area contributed by atoms with Crippen molar-refractivity contribution < 1.29 is 18.7 Å². The Morgan fingerprint density at radius 3 is 2.71 bits per heavy atom. The van der Waals surface area contributed by atoms with Crippen molar-refractivity contribution in [2.75, 3.05) is 32.7 Å². The molecule has 5 heteroatoms. The van der Waals surface area contributed by atoms with Crippen molar-refractivity contribution in [2.24, 2.45) is 0 Å². The molecular formula is C12H16FNO3. The first-order valence-electron chi connectivity index (χ1n) is 5.20. The van der Waals surface area contributed by atoms with Gasteiger partial charge in [-0.2, -0.15) is 0 Å². The molecule has 0 saturated carbocycles. The van der Waals surface area contributed by atoms with Crippen LogP contribution in [0.15, 0.2) is 18.2 Å².